The Labute approximate surface area is 234 Å². The maximum Gasteiger partial charge on any atom is 0.329 e. The van der Waals surface area contributed by atoms with Crippen LogP contribution in [0.3, 0.4) is 0 Å². The molecule has 7 N–H and O–H groups in total. The van der Waals surface area contributed by atoms with Gasteiger partial charge in [0.25, 0.3) is 0 Å². The van der Waals surface area contributed by atoms with Crippen molar-refractivity contribution in [1.82, 2.24) is 15.3 Å². The monoisotopic (exact) mass is 546 g/mol. The van der Waals surface area contributed by atoms with Crippen LogP contribution in [0.4, 0.5) is 17.5 Å². The summed E-state index contributed by atoms with van der Waals surface area (Å²) in [6.07, 6.45) is 5.55. The third-order valence-electron chi connectivity index (χ3n) is 7.57. The van der Waals surface area contributed by atoms with Gasteiger partial charge in [0, 0.05) is 19.6 Å². The molecule has 1 amide bonds. The lowest BCUT2D eigenvalue weighted by atomic mass is 9.82. The second kappa shape index (κ2) is 13.8. The van der Waals surface area contributed by atoms with Crippen LogP contribution in [0, 0.1) is 28.9 Å². The minimum absolute atomic E-state index is 0.127. The van der Waals surface area contributed by atoms with Crippen molar-refractivity contribution < 1.29 is 9.72 Å². The van der Waals surface area contributed by atoms with Crippen LogP contribution < -0.4 is 27.4 Å². The minimum Gasteiger partial charge on any atom is -0.369 e. The molecule has 0 spiro atoms. The summed E-state index contributed by atoms with van der Waals surface area (Å²) < 4.78 is 0. The summed E-state index contributed by atoms with van der Waals surface area (Å²) in [5.41, 5.74) is 16.2. The molecule has 11 nitrogen and oxygen atoms in total. The molecule has 1 fully saturated rings. The number of carbonyl (C=O) groups is 1. The molecule has 1 aliphatic carbocycles. The number of primary amides is 1. The van der Waals surface area contributed by atoms with Crippen LogP contribution in [0.25, 0.3) is 11.1 Å². The van der Waals surface area contributed by atoms with Gasteiger partial charge in [-0.2, -0.15) is 4.98 Å². The van der Waals surface area contributed by atoms with E-state index >= 15 is 0 Å². The Morgan fingerprint density at radius 2 is 1.82 bits per heavy atom. The van der Waals surface area contributed by atoms with E-state index in [1.54, 1.807) is 0 Å². The highest BCUT2D eigenvalue weighted by Crippen LogP contribution is 2.30. The average molecular weight is 547 g/mol. The Balaban J connectivity index is 1.43. The summed E-state index contributed by atoms with van der Waals surface area (Å²) in [6.45, 7) is 4.54. The van der Waals surface area contributed by atoms with E-state index in [1.165, 1.54) is 6.20 Å². The van der Waals surface area contributed by atoms with E-state index in [0.717, 1.165) is 60.0 Å². The molecule has 11 heteroatoms. The number of rotatable bonds is 13. The zero-order valence-electron chi connectivity index (χ0n) is 22.9. The largest absolute Gasteiger partial charge is 0.369 e. The average Bonchev–Trinajstić information content (AvgIpc) is 2.95. The molecule has 40 heavy (non-hydrogen) atoms. The predicted octanol–water partition coefficient (Wildman–Crippen LogP) is 3.72. The van der Waals surface area contributed by atoms with Crippen LogP contribution in [-0.2, 0) is 17.9 Å². The topological polar surface area (TPSA) is 174 Å². The molecule has 0 saturated heterocycles. The number of hydrogen-bond acceptors (Lipinski definition) is 9. The zero-order chi connectivity index (χ0) is 28.5. The molecule has 3 aromatic rings. The predicted molar refractivity (Wildman–Crippen MR) is 157 cm³/mol. The first-order chi connectivity index (χ1) is 19.3. The smallest absolute Gasteiger partial charge is 0.329 e. The number of anilines is 2. The molecule has 0 unspecified atom stereocenters. The number of nitrogens with two attached hydrogens (primary N) is 2. The van der Waals surface area contributed by atoms with Gasteiger partial charge in [-0.3, -0.25) is 14.9 Å². The van der Waals surface area contributed by atoms with E-state index in [0.29, 0.717) is 37.4 Å². The molecule has 1 heterocycles. The maximum absolute atomic E-state index is 11.6. The van der Waals surface area contributed by atoms with E-state index in [2.05, 4.69) is 51.0 Å². The van der Waals surface area contributed by atoms with Crippen LogP contribution in [0.15, 0.2) is 48.7 Å². The highest BCUT2D eigenvalue weighted by Gasteiger charge is 2.23. The Morgan fingerprint density at radius 1 is 1.07 bits per heavy atom. The lowest BCUT2D eigenvalue weighted by Crippen LogP contribution is -2.28. The zero-order valence-corrected chi connectivity index (χ0v) is 22.9. The van der Waals surface area contributed by atoms with Gasteiger partial charge in [0.05, 0.1) is 11.5 Å². The Morgan fingerprint density at radius 3 is 2.55 bits per heavy atom. The van der Waals surface area contributed by atoms with Crippen molar-refractivity contribution in [2.24, 2.45) is 23.3 Å². The van der Waals surface area contributed by atoms with Crippen molar-refractivity contribution in [3.63, 3.8) is 0 Å². The van der Waals surface area contributed by atoms with Crippen LogP contribution in [0.2, 0.25) is 0 Å². The van der Waals surface area contributed by atoms with Crippen molar-refractivity contribution in [2.45, 2.75) is 45.7 Å². The lowest BCUT2D eigenvalue weighted by molar-refractivity contribution is -0.384. The molecule has 1 saturated carbocycles. The molecule has 2 aromatic carbocycles. The molecule has 0 bridgehead atoms. The fourth-order valence-electron chi connectivity index (χ4n) is 5.18. The molecule has 212 valence electrons. The van der Waals surface area contributed by atoms with Crippen LogP contribution >= 0.6 is 0 Å². The van der Waals surface area contributed by atoms with E-state index in [1.807, 2.05) is 24.3 Å². The van der Waals surface area contributed by atoms with Gasteiger partial charge in [0.2, 0.25) is 17.7 Å². The number of aromatic nitrogens is 2. The number of carbonyl (C=O) groups excluding carboxylic acids is 1. The summed E-state index contributed by atoms with van der Waals surface area (Å²) in [5.74, 6) is 1.19. The van der Waals surface area contributed by atoms with Crippen LogP contribution in [-0.4, -0.2) is 40.4 Å². The fourth-order valence-corrected chi connectivity index (χ4v) is 5.18. The van der Waals surface area contributed by atoms with Gasteiger partial charge in [-0.15, -0.1) is 0 Å². The molecule has 0 aliphatic heterocycles. The molecular weight excluding hydrogens is 508 g/mol. The van der Waals surface area contributed by atoms with Crippen LogP contribution in [0.5, 0.6) is 0 Å². The second-order valence-electron chi connectivity index (χ2n) is 10.4. The summed E-state index contributed by atoms with van der Waals surface area (Å²) in [7, 11) is 0. The van der Waals surface area contributed by atoms with Crippen molar-refractivity contribution in [2.75, 3.05) is 30.3 Å². The first-order valence-corrected chi connectivity index (χ1v) is 13.7. The molecule has 1 aromatic heterocycles. The molecule has 0 radical (unpaired) electrons. The summed E-state index contributed by atoms with van der Waals surface area (Å²) in [5, 5.41) is 21.1. The summed E-state index contributed by atoms with van der Waals surface area (Å²) in [4.78, 5) is 30.8. The van der Waals surface area contributed by atoms with Gasteiger partial charge < -0.3 is 27.4 Å². The van der Waals surface area contributed by atoms with Gasteiger partial charge in [0.1, 0.15) is 6.20 Å². The first kappa shape index (κ1) is 28.9. The van der Waals surface area contributed by atoms with E-state index in [9.17, 15) is 14.9 Å². The van der Waals surface area contributed by atoms with E-state index < -0.39 is 10.8 Å². The number of hydrogen-bond donors (Lipinski definition) is 5. The maximum atomic E-state index is 11.6. The number of nitrogens with one attached hydrogen (secondary N) is 3. The summed E-state index contributed by atoms with van der Waals surface area (Å²) in [6, 6.07) is 14.2. The first-order valence-electron chi connectivity index (χ1n) is 13.7. The quantitative estimate of drug-likeness (QED) is 0.158. The second-order valence-corrected chi connectivity index (χ2v) is 10.4. The van der Waals surface area contributed by atoms with Crippen molar-refractivity contribution >= 4 is 23.4 Å². The van der Waals surface area contributed by atoms with Gasteiger partial charge in [0.15, 0.2) is 0 Å². The van der Waals surface area contributed by atoms with Crippen molar-refractivity contribution in [3.8, 4) is 11.1 Å². The number of nitro groups is 1. The summed E-state index contributed by atoms with van der Waals surface area (Å²) >= 11 is 0. The van der Waals surface area contributed by atoms with E-state index in [-0.39, 0.29) is 18.1 Å². The SMILES string of the molecule is Cc1c(CNc2ncc([N+](=O)[O-])c(NCC3CCC(CN)CC3)n2)cccc1-c1cccc(CNCC(N)=O)c1. The number of nitrogens with zero attached hydrogens (tertiary/aromatic N) is 3. The lowest BCUT2D eigenvalue weighted by Gasteiger charge is -2.27. The molecule has 1 aliphatic rings. The molecule has 4 rings (SSSR count). The van der Waals surface area contributed by atoms with Gasteiger partial charge >= 0.3 is 5.69 Å². The van der Waals surface area contributed by atoms with Crippen molar-refractivity contribution in [1.29, 1.82) is 0 Å². The van der Waals surface area contributed by atoms with Gasteiger partial charge in [-0.1, -0.05) is 36.4 Å². The van der Waals surface area contributed by atoms with Gasteiger partial charge in [-0.05, 0) is 84.9 Å². The number of benzene rings is 2. The minimum atomic E-state index is -0.456. The van der Waals surface area contributed by atoms with E-state index in [4.69, 9.17) is 11.5 Å². The number of amides is 1. The Hall–Kier alpha value is -4.09. The van der Waals surface area contributed by atoms with Crippen molar-refractivity contribution in [3.05, 3.63) is 75.5 Å². The standard InChI is InChI=1S/C29H38N8O3/c1-19-24(6-3-7-25(19)23-5-2-4-22(12-23)14-32-18-27(31)38)16-34-29-35-17-26(37(39)40)28(36-29)33-15-21-10-8-20(13-30)9-11-21/h2-7,12,17,20-21,32H,8-11,13-16,18,30H2,1H3,(H2,31,38)(H2,33,34,35,36). The third-order valence-corrected chi connectivity index (χ3v) is 7.57. The molecular formula is C29H38N8O3. The highest BCUT2D eigenvalue weighted by atomic mass is 16.6. The molecule has 0 atom stereocenters. The third kappa shape index (κ3) is 7.73. The normalized spacial score (nSPS) is 16.9. The fraction of sp³-hybridized carbons (Fsp3) is 0.414. The Bertz CT molecular complexity index is 1320. The highest BCUT2D eigenvalue weighted by molar-refractivity contribution is 5.76. The Kier molecular flexibility index (Phi) is 9.98. The van der Waals surface area contributed by atoms with Crippen LogP contribution in [0.1, 0.15) is 42.4 Å². The van der Waals surface area contributed by atoms with Gasteiger partial charge in [-0.25, -0.2) is 4.98 Å².